The molecule has 0 aromatic carbocycles. The highest BCUT2D eigenvalue weighted by Crippen LogP contribution is 2.79. The molecule has 7 bridgehead atoms. The number of piperidine rings is 1. The predicted octanol–water partition coefficient (Wildman–Crippen LogP) is 0.502. The van der Waals surface area contributed by atoms with Crippen molar-refractivity contribution in [2.45, 2.75) is 68.7 Å². The molecule has 1 heterocycles. The smallest absolute Gasteiger partial charge is 0.0796 e. The Morgan fingerprint density at radius 2 is 1.87 bits per heavy atom. The summed E-state index contributed by atoms with van der Waals surface area (Å²) >= 11 is 0. The first kappa shape index (κ1) is 21.3. The summed E-state index contributed by atoms with van der Waals surface area (Å²) in [5, 5.41) is 35.7. The van der Waals surface area contributed by atoms with Gasteiger partial charge in [-0.1, -0.05) is 6.92 Å². The Balaban J connectivity index is 1.62. The van der Waals surface area contributed by atoms with Crippen LogP contribution in [0, 0.1) is 40.4 Å². The van der Waals surface area contributed by atoms with Crippen LogP contribution in [-0.2, 0) is 14.2 Å². The fourth-order valence-electron chi connectivity index (χ4n) is 10.7. The molecule has 1 aliphatic heterocycles. The third-order valence-electron chi connectivity index (χ3n) is 11.1. The van der Waals surface area contributed by atoms with Gasteiger partial charge < -0.3 is 29.5 Å². The second-order valence-corrected chi connectivity index (χ2v) is 11.6. The summed E-state index contributed by atoms with van der Waals surface area (Å²) in [6.07, 6.45) is 1.65. The van der Waals surface area contributed by atoms with E-state index in [9.17, 15) is 15.3 Å². The first-order valence-electron chi connectivity index (χ1n) is 12.2. The molecule has 5 aliphatic carbocycles. The quantitative estimate of drug-likeness (QED) is 0.577. The largest absolute Gasteiger partial charge is 0.392 e. The molecule has 6 rings (SSSR count). The van der Waals surface area contributed by atoms with Crippen LogP contribution in [-0.4, -0.2) is 97.3 Å². The van der Waals surface area contributed by atoms with Gasteiger partial charge >= 0.3 is 0 Å². The molecule has 5 saturated carbocycles. The molecule has 7 nitrogen and oxygen atoms in total. The SMILES string of the molecule is CCN1C[C@]2(COC)CC[C@H](O)[C@@]34C5C[C@H]6C(O)C5[C@](O)(C[C@@H]6OC)[C@@H](C(OC)C23)C14. The molecular weight excluding hydrogens is 398 g/mol. The van der Waals surface area contributed by atoms with E-state index in [1.54, 1.807) is 21.3 Å². The van der Waals surface area contributed by atoms with Gasteiger partial charge in [0.25, 0.3) is 0 Å². The van der Waals surface area contributed by atoms with E-state index < -0.39 is 17.8 Å². The van der Waals surface area contributed by atoms with Gasteiger partial charge in [-0.3, -0.25) is 4.90 Å². The Morgan fingerprint density at radius 3 is 2.52 bits per heavy atom. The second-order valence-electron chi connectivity index (χ2n) is 11.6. The Kier molecular flexibility index (Phi) is 4.56. The van der Waals surface area contributed by atoms with E-state index in [0.29, 0.717) is 13.0 Å². The van der Waals surface area contributed by atoms with Crippen LogP contribution in [0.1, 0.15) is 32.6 Å². The van der Waals surface area contributed by atoms with Gasteiger partial charge in [0.2, 0.25) is 0 Å². The number of aliphatic hydroxyl groups is 3. The fourth-order valence-corrected chi connectivity index (χ4v) is 10.7. The first-order valence-corrected chi connectivity index (χ1v) is 12.2. The van der Waals surface area contributed by atoms with E-state index in [4.69, 9.17) is 14.2 Å². The minimum atomic E-state index is -1.05. The number of rotatable bonds is 5. The van der Waals surface area contributed by atoms with Gasteiger partial charge in [-0.2, -0.15) is 0 Å². The Labute approximate surface area is 185 Å². The maximum absolute atomic E-state index is 12.5. The van der Waals surface area contributed by atoms with E-state index in [1.807, 2.05) is 0 Å². The summed E-state index contributed by atoms with van der Waals surface area (Å²) in [5.41, 5.74) is -1.54. The molecular formula is C24H39NO6. The number of aliphatic hydroxyl groups excluding tert-OH is 2. The molecule has 6 fully saturated rings. The molecule has 1 saturated heterocycles. The molecule has 6 unspecified atom stereocenters. The summed E-state index contributed by atoms with van der Waals surface area (Å²) in [6, 6.07) is 0.0561. The molecule has 0 aromatic rings. The van der Waals surface area contributed by atoms with Crippen molar-refractivity contribution in [1.29, 1.82) is 0 Å². The number of fused-ring (bicyclic) bond motifs is 2. The van der Waals surface area contributed by atoms with Crippen molar-refractivity contribution in [3.05, 3.63) is 0 Å². The molecule has 7 heteroatoms. The Bertz CT molecular complexity index is 752. The number of nitrogens with zero attached hydrogens (tertiary/aromatic N) is 1. The maximum atomic E-state index is 12.5. The number of likely N-dealkylation sites (tertiary alicyclic amines) is 1. The highest BCUT2D eigenvalue weighted by Gasteiger charge is 2.86. The van der Waals surface area contributed by atoms with Gasteiger partial charge in [0.05, 0.1) is 36.6 Å². The lowest BCUT2D eigenvalue weighted by atomic mass is 9.43. The van der Waals surface area contributed by atoms with Crippen LogP contribution in [0.5, 0.6) is 0 Å². The Morgan fingerprint density at radius 1 is 1.10 bits per heavy atom. The lowest BCUT2D eigenvalue weighted by Crippen LogP contribution is -2.76. The molecule has 0 amide bonds. The number of methoxy groups -OCH3 is 3. The summed E-state index contributed by atoms with van der Waals surface area (Å²) < 4.78 is 18.0. The van der Waals surface area contributed by atoms with Crippen LogP contribution in [0.25, 0.3) is 0 Å². The molecule has 0 radical (unpaired) electrons. The molecule has 0 aromatic heterocycles. The zero-order chi connectivity index (χ0) is 21.9. The summed E-state index contributed by atoms with van der Waals surface area (Å²) in [7, 11) is 5.24. The standard InChI is InChI=1S/C24H39NO6/c1-5-25-10-22(11-29-2)7-6-15(26)24-13-8-12-14(30-3)9-23(28,16(13)18(12)27)17(21(24)25)19(31-4)20(22)24/h12-21,26-28H,5-11H2,1-4H3/t12-,13?,14+,15+,16?,17+,18?,19?,20?,21?,22+,23-,24+/m1/s1. The average Bonchev–Trinajstić information content (AvgIpc) is 3.16. The number of hydrogen-bond acceptors (Lipinski definition) is 7. The van der Waals surface area contributed by atoms with Crippen molar-refractivity contribution in [2.24, 2.45) is 40.4 Å². The fraction of sp³-hybridized carbons (Fsp3) is 1.00. The van der Waals surface area contributed by atoms with Crippen molar-refractivity contribution in [1.82, 2.24) is 4.90 Å². The lowest BCUT2D eigenvalue weighted by Gasteiger charge is -2.68. The predicted molar refractivity (Wildman–Crippen MR) is 112 cm³/mol. The number of hydrogen-bond donors (Lipinski definition) is 3. The van der Waals surface area contributed by atoms with E-state index in [1.165, 1.54) is 0 Å². The van der Waals surface area contributed by atoms with E-state index >= 15 is 0 Å². The zero-order valence-electron chi connectivity index (χ0n) is 19.2. The summed E-state index contributed by atoms with van der Waals surface area (Å²) in [4.78, 5) is 2.52. The van der Waals surface area contributed by atoms with Gasteiger partial charge in [-0.05, 0) is 31.7 Å². The van der Waals surface area contributed by atoms with Crippen LogP contribution < -0.4 is 0 Å². The van der Waals surface area contributed by atoms with Crippen molar-refractivity contribution in [3.63, 3.8) is 0 Å². The number of ether oxygens (including phenoxy) is 3. The average molecular weight is 438 g/mol. The minimum Gasteiger partial charge on any atom is -0.392 e. The third-order valence-corrected chi connectivity index (χ3v) is 11.1. The van der Waals surface area contributed by atoms with Crippen LogP contribution in [0.3, 0.4) is 0 Å². The minimum absolute atomic E-state index is 0.0248. The van der Waals surface area contributed by atoms with E-state index in [2.05, 4.69) is 11.8 Å². The molecule has 31 heavy (non-hydrogen) atoms. The van der Waals surface area contributed by atoms with Gasteiger partial charge in [0.15, 0.2) is 0 Å². The van der Waals surface area contributed by atoms with Crippen LogP contribution in [0.15, 0.2) is 0 Å². The van der Waals surface area contributed by atoms with Gasteiger partial charge in [-0.25, -0.2) is 0 Å². The monoisotopic (exact) mass is 437 g/mol. The highest BCUT2D eigenvalue weighted by molar-refractivity contribution is 5.35. The van der Waals surface area contributed by atoms with Crippen molar-refractivity contribution in [2.75, 3.05) is 41.0 Å². The van der Waals surface area contributed by atoms with Gasteiger partial charge in [0, 0.05) is 74.8 Å². The molecule has 176 valence electrons. The maximum Gasteiger partial charge on any atom is 0.0796 e. The molecule has 1 spiro atoms. The summed E-state index contributed by atoms with van der Waals surface area (Å²) in [5.74, 6) is -0.168. The molecule has 6 aliphatic rings. The zero-order valence-corrected chi connectivity index (χ0v) is 19.2. The highest BCUT2D eigenvalue weighted by atomic mass is 16.5. The van der Waals surface area contributed by atoms with Crippen molar-refractivity contribution < 1.29 is 29.5 Å². The van der Waals surface area contributed by atoms with Crippen LogP contribution in [0.2, 0.25) is 0 Å². The summed E-state index contributed by atoms with van der Waals surface area (Å²) in [6.45, 7) is 4.63. The third kappa shape index (κ3) is 2.12. The van der Waals surface area contributed by atoms with Gasteiger partial charge in [0.1, 0.15) is 0 Å². The Hall–Kier alpha value is -0.280. The van der Waals surface area contributed by atoms with E-state index in [0.717, 1.165) is 32.4 Å². The molecule has 3 N–H and O–H groups in total. The van der Waals surface area contributed by atoms with Crippen molar-refractivity contribution >= 4 is 0 Å². The first-order chi connectivity index (χ1) is 14.9. The lowest BCUT2D eigenvalue weighted by molar-refractivity contribution is -0.272. The van der Waals surface area contributed by atoms with Crippen molar-refractivity contribution in [3.8, 4) is 0 Å². The second kappa shape index (κ2) is 6.65. The van der Waals surface area contributed by atoms with Crippen LogP contribution >= 0.6 is 0 Å². The normalized spacial score (nSPS) is 61.6. The molecule has 13 atom stereocenters. The van der Waals surface area contributed by atoms with Gasteiger partial charge in [-0.15, -0.1) is 0 Å². The van der Waals surface area contributed by atoms with E-state index in [-0.39, 0.29) is 58.7 Å². The van der Waals surface area contributed by atoms with Crippen LogP contribution in [0.4, 0.5) is 0 Å². The topological polar surface area (TPSA) is 91.6 Å².